The van der Waals surface area contributed by atoms with Gasteiger partial charge in [-0.3, -0.25) is 9.11 Å². The van der Waals surface area contributed by atoms with Crippen LogP contribution in [0.3, 0.4) is 0 Å². The third-order valence-corrected chi connectivity index (χ3v) is 5.32. The van der Waals surface area contributed by atoms with Crippen LogP contribution in [0.1, 0.15) is 0 Å². The summed E-state index contributed by atoms with van der Waals surface area (Å²) in [5.74, 6) is 0. The van der Waals surface area contributed by atoms with Crippen molar-refractivity contribution in [3.05, 3.63) is 84.9 Å². The first-order valence-corrected chi connectivity index (χ1v) is 12.3. The molecule has 6 rings (SSSR count). The number of anilines is 4. The number of nitrogens with zero attached hydrogens (tertiary/aromatic N) is 2. The number of benzene rings is 4. The molecular formula is C26H32N6O8S. The van der Waals surface area contributed by atoms with Gasteiger partial charge in [-0.05, 0) is 60.7 Å². The van der Waals surface area contributed by atoms with E-state index in [1.54, 1.807) is 0 Å². The van der Waals surface area contributed by atoms with Crippen molar-refractivity contribution in [2.45, 2.75) is 0 Å². The van der Waals surface area contributed by atoms with Crippen molar-refractivity contribution >= 4 is 76.8 Å². The molecule has 0 bridgehead atoms. The molecule has 0 saturated carbocycles. The van der Waals surface area contributed by atoms with Crippen LogP contribution in [-0.2, 0) is 10.4 Å². The number of pyridine rings is 2. The standard InChI is InChI=1S/2C13H11N3.H2O4S.4H2O/c2*14-10-3-1-8-5-9-2-4-11(15)7-13(9)16-12(8)6-10;1-5(2,3)4;;;;/h2*1-7H,14-15H2;(H2,1,2,3,4);4*1H2. The van der Waals surface area contributed by atoms with Crippen LogP contribution < -0.4 is 22.9 Å². The Morgan fingerprint density at radius 2 is 0.634 bits per heavy atom. The van der Waals surface area contributed by atoms with Crippen LogP contribution in [0.5, 0.6) is 0 Å². The van der Waals surface area contributed by atoms with Crippen LogP contribution in [0.2, 0.25) is 0 Å². The van der Waals surface area contributed by atoms with Crippen molar-refractivity contribution < 1.29 is 39.4 Å². The minimum absolute atomic E-state index is 0. The fraction of sp³-hybridized carbons (Fsp3) is 0. The van der Waals surface area contributed by atoms with Gasteiger partial charge in [0.2, 0.25) is 0 Å². The molecule has 0 aliphatic rings. The van der Waals surface area contributed by atoms with E-state index >= 15 is 0 Å². The summed E-state index contributed by atoms with van der Waals surface area (Å²) < 4.78 is 31.6. The molecule has 41 heavy (non-hydrogen) atoms. The predicted octanol–water partition coefficient (Wildman–Crippen LogP) is 1.15. The molecule has 0 aliphatic carbocycles. The fourth-order valence-electron chi connectivity index (χ4n) is 3.71. The Bertz CT molecular complexity index is 1640. The summed E-state index contributed by atoms with van der Waals surface area (Å²) in [6.07, 6.45) is 0. The van der Waals surface area contributed by atoms with Crippen molar-refractivity contribution in [2.75, 3.05) is 22.9 Å². The summed E-state index contributed by atoms with van der Waals surface area (Å²) in [6, 6.07) is 27.1. The molecule has 0 fully saturated rings. The van der Waals surface area contributed by atoms with Gasteiger partial charge in [0, 0.05) is 44.3 Å². The molecule has 15 heteroatoms. The van der Waals surface area contributed by atoms with Crippen LogP contribution in [-0.4, -0.2) is 49.4 Å². The number of aromatic nitrogens is 2. The Labute approximate surface area is 234 Å². The lowest BCUT2D eigenvalue weighted by atomic mass is 10.1. The maximum atomic E-state index is 8.74. The highest BCUT2D eigenvalue weighted by atomic mass is 32.3. The van der Waals surface area contributed by atoms with Gasteiger partial charge in [0.05, 0.1) is 22.1 Å². The van der Waals surface area contributed by atoms with Gasteiger partial charge in [-0.2, -0.15) is 8.42 Å². The lowest BCUT2D eigenvalue weighted by Crippen LogP contribution is -1.89. The molecule has 2 heterocycles. The quantitative estimate of drug-likeness (QED) is 0.0834. The van der Waals surface area contributed by atoms with Crippen molar-refractivity contribution in [3.63, 3.8) is 0 Å². The SMILES string of the molecule is Nc1ccc2cc3ccc(N)cc3nc2c1.Nc1ccc2cc3ccc(N)cc3nc2c1.O.O.O.O.O=S(=O)(O)O. The van der Waals surface area contributed by atoms with Crippen LogP contribution >= 0.6 is 0 Å². The molecule has 4 aromatic carbocycles. The first-order chi connectivity index (χ1) is 17.4. The zero-order chi connectivity index (χ0) is 26.7. The molecule has 18 N–H and O–H groups in total. The van der Waals surface area contributed by atoms with Gasteiger partial charge in [-0.25, -0.2) is 9.97 Å². The van der Waals surface area contributed by atoms with Crippen LogP contribution in [0.15, 0.2) is 84.9 Å². The largest absolute Gasteiger partial charge is 0.412 e. The second-order valence-electron chi connectivity index (χ2n) is 8.23. The number of nitrogens with two attached hydrogens (primary N) is 4. The van der Waals surface area contributed by atoms with E-state index in [9.17, 15) is 0 Å². The molecule has 2 aromatic heterocycles. The molecule has 0 atom stereocenters. The number of fused-ring (bicyclic) bond motifs is 4. The van der Waals surface area contributed by atoms with Crippen molar-refractivity contribution in [2.24, 2.45) is 0 Å². The lowest BCUT2D eigenvalue weighted by Gasteiger charge is -2.03. The van der Waals surface area contributed by atoms with Gasteiger partial charge in [0.15, 0.2) is 0 Å². The average Bonchev–Trinajstić information content (AvgIpc) is 2.81. The van der Waals surface area contributed by atoms with Crippen molar-refractivity contribution in [1.82, 2.24) is 9.97 Å². The van der Waals surface area contributed by atoms with E-state index in [-0.39, 0.29) is 21.9 Å². The van der Waals surface area contributed by atoms with Crippen LogP contribution in [0, 0.1) is 0 Å². The molecule has 14 nitrogen and oxygen atoms in total. The average molecular weight is 589 g/mol. The molecular weight excluding hydrogens is 556 g/mol. The zero-order valence-electron chi connectivity index (χ0n) is 21.4. The zero-order valence-corrected chi connectivity index (χ0v) is 22.2. The topological polar surface area (TPSA) is 330 Å². The number of hydrogen-bond donors (Lipinski definition) is 6. The third kappa shape index (κ3) is 9.67. The van der Waals surface area contributed by atoms with Gasteiger partial charge >= 0.3 is 10.4 Å². The van der Waals surface area contributed by atoms with E-state index in [4.69, 9.17) is 40.5 Å². The highest BCUT2D eigenvalue weighted by Gasteiger charge is 2.02. The van der Waals surface area contributed by atoms with Crippen LogP contribution in [0.25, 0.3) is 43.6 Å². The molecule has 0 unspecified atom stereocenters. The molecule has 0 saturated heterocycles. The molecule has 0 spiro atoms. The summed E-state index contributed by atoms with van der Waals surface area (Å²) in [4.78, 5) is 9.08. The highest BCUT2D eigenvalue weighted by Crippen LogP contribution is 2.24. The van der Waals surface area contributed by atoms with Gasteiger partial charge in [0.1, 0.15) is 0 Å². The fourth-order valence-corrected chi connectivity index (χ4v) is 3.71. The van der Waals surface area contributed by atoms with Crippen molar-refractivity contribution in [3.8, 4) is 0 Å². The summed E-state index contributed by atoms with van der Waals surface area (Å²) in [5, 5.41) is 4.36. The van der Waals surface area contributed by atoms with Gasteiger partial charge in [-0.15, -0.1) is 0 Å². The molecule has 220 valence electrons. The second kappa shape index (κ2) is 14.5. The monoisotopic (exact) mass is 588 g/mol. The summed E-state index contributed by atoms with van der Waals surface area (Å²) in [7, 11) is -4.67. The molecule has 0 amide bonds. The Hall–Kier alpha value is -4.87. The molecule has 0 radical (unpaired) electrons. The maximum absolute atomic E-state index is 8.74. The van der Waals surface area contributed by atoms with E-state index < -0.39 is 10.4 Å². The minimum Gasteiger partial charge on any atom is -0.412 e. The third-order valence-electron chi connectivity index (χ3n) is 5.32. The Balaban J connectivity index is 0.000000620. The Kier molecular flexibility index (Phi) is 12.8. The minimum atomic E-state index is -4.67. The highest BCUT2D eigenvalue weighted by molar-refractivity contribution is 7.79. The van der Waals surface area contributed by atoms with Gasteiger partial charge in [0.25, 0.3) is 0 Å². The van der Waals surface area contributed by atoms with Crippen LogP contribution in [0.4, 0.5) is 22.7 Å². The van der Waals surface area contributed by atoms with Crippen molar-refractivity contribution in [1.29, 1.82) is 0 Å². The van der Waals surface area contributed by atoms with Gasteiger partial charge in [-0.1, -0.05) is 24.3 Å². The number of nitrogen functional groups attached to an aromatic ring is 4. The Morgan fingerprint density at radius 1 is 0.439 bits per heavy atom. The molecule has 6 aromatic rings. The first kappa shape index (κ1) is 36.1. The second-order valence-corrected chi connectivity index (χ2v) is 9.13. The van der Waals surface area contributed by atoms with E-state index in [0.29, 0.717) is 0 Å². The summed E-state index contributed by atoms with van der Waals surface area (Å²) in [5.41, 5.74) is 29.4. The smallest absolute Gasteiger partial charge is 0.394 e. The van der Waals surface area contributed by atoms with E-state index in [1.165, 1.54) is 0 Å². The van der Waals surface area contributed by atoms with E-state index in [1.807, 2.05) is 72.8 Å². The van der Waals surface area contributed by atoms with E-state index in [2.05, 4.69) is 22.1 Å². The number of rotatable bonds is 0. The lowest BCUT2D eigenvalue weighted by molar-refractivity contribution is 0.381. The predicted molar refractivity (Wildman–Crippen MR) is 165 cm³/mol. The summed E-state index contributed by atoms with van der Waals surface area (Å²) >= 11 is 0. The normalized spacial score (nSPS) is 10.0. The maximum Gasteiger partial charge on any atom is 0.394 e. The molecule has 0 aliphatic heterocycles. The van der Waals surface area contributed by atoms with E-state index in [0.717, 1.165) is 66.4 Å². The van der Waals surface area contributed by atoms with Gasteiger partial charge < -0.3 is 44.8 Å². The Morgan fingerprint density at radius 3 is 0.829 bits per heavy atom. The number of hydrogen-bond acceptors (Lipinski definition) is 8. The first-order valence-electron chi connectivity index (χ1n) is 10.9. The summed E-state index contributed by atoms with van der Waals surface area (Å²) in [6.45, 7) is 0.